The maximum atomic E-state index is 12.8. The Morgan fingerprint density at radius 1 is 1.47 bits per heavy atom. The second-order valence-electron chi connectivity index (χ2n) is 5.03. The summed E-state index contributed by atoms with van der Waals surface area (Å²) in [4.78, 5) is 13.8. The SMILES string of the molecule is CC(O)C1CCCN(C(=O)Nc2ccc(F)cc2)C1. The van der Waals surface area contributed by atoms with Crippen molar-refractivity contribution in [3.63, 3.8) is 0 Å². The van der Waals surface area contributed by atoms with E-state index in [-0.39, 0.29) is 17.8 Å². The van der Waals surface area contributed by atoms with Crippen molar-refractivity contribution in [1.82, 2.24) is 4.90 Å². The maximum Gasteiger partial charge on any atom is 0.321 e. The minimum Gasteiger partial charge on any atom is -0.393 e. The van der Waals surface area contributed by atoms with Gasteiger partial charge in [0.25, 0.3) is 0 Å². The van der Waals surface area contributed by atoms with Gasteiger partial charge in [-0.2, -0.15) is 0 Å². The first-order valence-electron chi connectivity index (χ1n) is 6.56. The van der Waals surface area contributed by atoms with Gasteiger partial charge in [-0.15, -0.1) is 0 Å². The van der Waals surface area contributed by atoms with Crippen LogP contribution in [0.3, 0.4) is 0 Å². The lowest BCUT2D eigenvalue weighted by atomic mass is 9.94. The fourth-order valence-electron chi connectivity index (χ4n) is 2.32. The normalized spacial score (nSPS) is 21.0. The monoisotopic (exact) mass is 266 g/mol. The topological polar surface area (TPSA) is 52.6 Å². The van der Waals surface area contributed by atoms with Gasteiger partial charge in [-0.05, 0) is 44.0 Å². The Bertz CT molecular complexity index is 434. The molecule has 0 aromatic heterocycles. The summed E-state index contributed by atoms with van der Waals surface area (Å²) in [6.45, 7) is 3.01. The predicted octanol–water partition coefficient (Wildman–Crippen LogP) is 2.45. The number of anilines is 1. The van der Waals surface area contributed by atoms with Gasteiger partial charge in [-0.25, -0.2) is 9.18 Å². The zero-order valence-electron chi connectivity index (χ0n) is 11.0. The van der Waals surface area contributed by atoms with Crippen molar-refractivity contribution in [3.8, 4) is 0 Å². The molecule has 1 saturated heterocycles. The Morgan fingerprint density at radius 3 is 2.79 bits per heavy atom. The van der Waals surface area contributed by atoms with Crippen molar-refractivity contribution < 1.29 is 14.3 Å². The third-order valence-electron chi connectivity index (χ3n) is 3.52. The average molecular weight is 266 g/mol. The number of nitrogens with one attached hydrogen (secondary N) is 1. The number of amides is 2. The Hall–Kier alpha value is -1.62. The molecule has 1 aliphatic rings. The zero-order chi connectivity index (χ0) is 13.8. The first kappa shape index (κ1) is 13.8. The summed E-state index contributed by atoms with van der Waals surface area (Å²) in [5.41, 5.74) is 0.575. The van der Waals surface area contributed by atoms with Crippen molar-refractivity contribution in [2.75, 3.05) is 18.4 Å². The fourth-order valence-corrected chi connectivity index (χ4v) is 2.32. The van der Waals surface area contributed by atoms with E-state index < -0.39 is 6.10 Å². The van der Waals surface area contributed by atoms with E-state index in [0.717, 1.165) is 12.8 Å². The van der Waals surface area contributed by atoms with Crippen LogP contribution >= 0.6 is 0 Å². The van der Waals surface area contributed by atoms with Gasteiger partial charge in [0, 0.05) is 24.7 Å². The van der Waals surface area contributed by atoms with Crippen LogP contribution in [-0.2, 0) is 0 Å². The third-order valence-corrected chi connectivity index (χ3v) is 3.52. The van der Waals surface area contributed by atoms with E-state index in [0.29, 0.717) is 18.8 Å². The summed E-state index contributed by atoms with van der Waals surface area (Å²) in [7, 11) is 0. The van der Waals surface area contributed by atoms with E-state index in [1.54, 1.807) is 11.8 Å². The van der Waals surface area contributed by atoms with Gasteiger partial charge in [0.15, 0.2) is 0 Å². The highest BCUT2D eigenvalue weighted by Gasteiger charge is 2.26. The van der Waals surface area contributed by atoms with Crippen LogP contribution in [0.15, 0.2) is 24.3 Å². The molecule has 2 amide bonds. The lowest BCUT2D eigenvalue weighted by molar-refractivity contribution is 0.0766. The Balaban J connectivity index is 1.94. The molecular formula is C14H19FN2O2. The Morgan fingerprint density at radius 2 is 2.16 bits per heavy atom. The molecule has 19 heavy (non-hydrogen) atoms. The molecule has 1 fully saturated rings. The number of piperidine rings is 1. The molecule has 0 spiro atoms. The fraction of sp³-hybridized carbons (Fsp3) is 0.500. The van der Waals surface area contributed by atoms with E-state index in [1.165, 1.54) is 24.3 Å². The van der Waals surface area contributed by atoms with Crippen LogP contribution < -0.4 is 5.32 Å². The van der Waals surface area contributed by atoms with Gasteiger partial charge in [0.1, 0.15) is 5.82 Å². The molecule has 1 aromatic carbocycles. The van der Waals surface area contributed by atoms with Crippen LogP contribution in [0.2, 0.25) is 0 Å². The second kappa shape index (κ2) is 6.02. The molecule has 0 saturated carbocycles. The first-order chi connectivity index (χ1) is 9.06. The minimum absolute atomic E-state index is 0.132. The van der Waals surface area contributed by atoms with Crippen molar-refractivity contribution in [3.05, 3.63) is 30.1 Å². The van der Waals surface area contributed by atoms with Crippen LogP contribution in [0.5, 0.6) is 0 Å². The largest absolute Gasteiger partial charge is 0.393 e. The van der Waals surface area contributed by atoms with E-state index in [4.69, 9.17) is 0 Å². The van der Waals surface area contributed by atoms with Gasteiger partial charge >= 0.3 is 6.03 Å². The van der Waals surface area contributed by atoms with Gasteiger partial charge in [-0.1, -0.05) is 0 Å². The molecule has 5 heteroatoms. The maximum absolute atomic E-state index is 12.8. The summed E-state index contributed by atoms with van der Waals surface area (Å²) in [6.07, 6.45) is 1.44. The van der Waals surface area contributed by atoms with Gasteiger partial charge in [-0.3, -0.25) is 0 Å². The number of rotatable bonds is 2. The van der Waals surface area contributed by atoms with E-state index in [1.807, 2.05) is 0 Å². The number of carbonyl (C=O) groups excluding carboxylic acids is 1. The van der Waals surface area contributed by atoms with Crippen molar-refractivity contribution >= 4 is 11.7 Å². The minimum atomic E-state index is -0.401. The van der Waals surface area contributed by atoms with Gasteiger partial charge in [0.05, 0.1) is 6.10 Å². The number of likely N-dealkylation sites (tertiary alicyclic amines) is 1. The predicted molar refractivity (Wildman–Crippen MR) is 71.4 cm³/mol. The molecular weight excluding hydrogens is 247 g/mol. The molecule has 2 atom stereocenters. The van der Waals surface area contributed by atoms with Crippen LogP contribution in [0.25, 0.3) is 0 Å². The van der Waals surface area contributed by atoms with E-state index >= 15 is 0 Å². The number of benzene rings is 1. The number of carbonyl (C=O) groups is 1. The number of halogens is 1. The molecule has 1 aliphatic heterocycles. The first-order valence-corrected chi connectivity index (χ1v) is 6.56. The highest BCUT2D eigenvalue weighted by atomic mass is 19.1. The summed E-state index contributed by atoms with van der Waals surface area (Å²) in [5, 5.41) is 12.3. The smallest absolute Gasteiger partial charge is 0.321 e. The number of urea groups is 1. The standard InChI is InChI=1S/C14H19FN2O2/c1-10(18)11-3-2-8-17(9-11)14(19)16-13-6-4-12(15)5-7-13/h4-7,10-11,18H,2-3,8-9H2,1H3,(H,16,19). The molecule has 104 valence electrons. The van der Waals surface area contributed by atoms with Crippen molar-refractivity contribution in [1.29, 1.82) is 0 Å². The average Bonchev–Trinajstić information content (AvgIpc) is 2.41. The summed E-state index contributed by atoms with van der Waals surface area (Å²) in [5.74, 6) is -0.196. The lowest BCUT2D eigenvalue weighted by Gasteiger charge is -2.34. The highest BCUT2D eigenvalue weighted by molar-refractivity contribution is 5.89. The molecule has 0 bridgehead atoms. The molecule has 2 unspecified atom stereocenters. The Labute approximate surface area is 112 Å². The summed E-state index contributed by atoms with van der Waals surface area (Å²) in [6, 6.07) is 5.48. The molecule has 0 aliphatic carbocycles. The van der Waals surface area contributed by atoms with Crippen LogP contribution in [0.4, 0.5) is 14.9 Å². The van der Waals surface area contributed by atoms with E-state index in [2.05, 4.69) is 5.32 Å². The van der Waals surface area contributed by atoms with Crippen LogP contribution in [-0.4, -0.2) is 35.2 Å². The van der Waals surface area contributed by atoms with Crippen molar-refractivity contribution in [2.45, 2.75) is 25.9 Å². The molecule has 2 rings (SSSR count). The number of nitrogens with zero attached hydrogens (tertiary/aromatic N) is 1. The summed E-state index contributed by atoms with van der Waals surface area (Å²) >= 11 is 0. The van der Waals surface area contributed by atoms with Crippen LogP contribution in [0, 0.1) is 11.7 Å². The van der Waals surface area contributed by atoms with E-state index in [9.17, 15) is 14.3 Å². The summed E-state index contributed by atoms with van der Waals surface area (Å²) < 4.78 is 12.8. The van der Waals surface area contributed by atoms with Crippen molar-refractivity contribution in [2.24, 2.45) is 5.92 Å². The molecule has 0 radical (unpaired) electrons. The van der Waals surface area contributed by atoms with Gasteiger partial charge < -0.3 is 15.3 Å². The highest BCUT2D eigenvalue weighted by Crippen LogP contribution is 2.20. The second-order valence-corrected chi connectivity index (χ2v) is 5.03. The molecule has 2 N–H and O–H groups in total. The molecule has 1 heterocycles. The quantitative estimate of drug-likeness (QED) is 0.864. The number of hydrogen-bond donors (Lipinski definition) is 2. The zero-order valence-corrected chi connectivity index (χ0v) is 11.0. The molecule has 1 aromatic rings. The number of aliphatic hydroxyl groups excluding tert-OH is 1. The number of aliphatic hydroxyl groups is 1. The van der Waals surface area contributed by atoms with Gasteiger partial charge in [0.2, 0.25) is 0 Å². The third kappa shape index (κ3) is 3.67. The lowest BCUT2D eigenvalue weighted by Crippen LogP contribution is -2.44. The Kier molecular flexibility index (Phi) is 4.37. The molecule has 4 nitrogen and oxygen atoms in total. The van der Waals surface area contributed by atoms with Crippen LogP contribution in [0.1, 0.15) is 19.8 Å². The number of hydrogen-bond acceptors (Lipinski definition) is 2.